The maximum Gasteiger partial charge on any atom is 0.341 e. The van der Waals surface area contributed by atoms with E-state index < -0.39 is 0 Å². The highest BCUT2D eigenvalue weighted by Gasteiger charge is 2.19. The summed E-state index contributed by atoms with van der Waals surface area (Å²) in [6, 6.07) is 4.12. The number of hydrogen-bond acceptors (Lipinski definition) is 5. The Morgan fingerprint density at radius 3 is 3.06 bits per heavy atom. The Morgan fingerprint density at radius 1 is 1.53 bits per heavy atom. The molecule has 0 radical (unpaired) electrons. The lowest BCUT2D eigenvalue weighted by Gasteiger charge is -2.09. The maximum atomic E-state index is 11.5. The van der Waals surface area contributed by atoms with E-state index in [1.54, 1.807) is 18.3 Å². The maximum absolute atomic E-state index is 11.5. The van der Waals surface area contributed by atoms with Crippen molar-refractivity contribution >= 4 is 11.8 Å². The van der Waals surface area contributed by atoms with Crippen molar-refractivity contribution in [1.29, 1.82) is 0 Å². The summed E-state index contributed by atoms with van der Waals surface area (Å²) in [5.41, 5.74) is 0.474. The van der Waals surface area contributed by atoms with Crippen LogP contribution >= 0.6 is 0 Å². The standard InChI is InChI=1S/C12H17N3O2/c1-17-12(16)10-3-2-6-14-11(10)15-8-7-13-9-4-5-9/h2-3,6,9,13H,4-5,7-8H2,1H3,(H,14,15). The average Bonchev–Trinajstić information content (AvgIpc) is 3.18. The van der Waals surface area contributed by atoms with Crippen molar-refractivity contribution in [3.05, 3.63) is 23.9 Å². The zero-order valence-electron chi connectivity index (χ0n) is 9.90. The highest BCUT2D eigenvalue weighted by atomic mass is 16.5. The van der Waals surface area contributed by atoms with Crippen molar-refractivity contribution in [2.75, 3.05) is 25.5 Å². The van der Waals surface area contributed by atoms with Gasteiger partial charge in [0.25, 0.3) is 0 Å². The van der Waals surface area contributed by atoms with E-state index in [9.17, 15) is 4.79 Å². The van der Waals surface area contributed by atoms with Crippen LogP contribution in [0.4, 0.5) is 5.82 Å². The van der Waals surface area contributed by atoms with Gasteiger partial charge in [0.05, 0.1) is 7.11 Å². The van der Waals surface area contributed by atoms with E-state index in [4.69, 9.17) is 4.74 Å². The molecule has 0 spiro atoms. The van der Waals surface area contributed by atoms with E-state index in [1.807, 2.05) is 0 Å². The molecule has 0 amide bonds. The molecule has 0 atom stereocenters. The van der Waals surface area contributed by atoms with Crippen LogP contribution in [0.5, 0.6) is 0 Å². The molecule has 0 aliphatic heterocycles. The van der Waals surface area contributed by atoms with Gasteiger partial charge in [-0.05, 0) is 25.0 Å². The minimum Gasteiger partial charge on any atom is -0.465 e. The molecule has 0 saturated heterocycles. The van der Waals surface area contributed by atoms with Crippen LogP contribution in [0.15, 0.2) is 18.3 Å². The smallest absolute Gasteiger partial charge is 0.341 e. The summed E-state index contributed by atoms with van der Waals surface area (Å²) in [5, 5.41) is 6.52. The van der Waals surface area contributed by atoms with Crippen molar-refractivity contribution in [3.63, 3.8) is 0 Å². The van der Waals surface area contributed by atoms with Gasteiger partial charge in [-0.15, -0.1) is 0 Å². The van der Waals surface area contributed by atoms with Gasteiger partial charge in [-0.1, -0.05) is 0 Å². The third-order valence-corrected chi connectivity index (χ3v) is 2.64. The number of aromatic nitrogens is 1. The Kier molecular flexibility index (Phi) is 3.93. The fraction of sp³-hybridized carbons (Fsp3) is 0.500. The predicted molar refractivity (Wildman–Crippen MR) is 65.1 cm³/mol. The first-order valence-corrected chi connectivity index (χ1v) is 5.82. The first kappa shape index (κ1) is 11.9. The highest BCUT2D eigenvalue weighted by Crippen LogP contribution is 2.18. The highest BCUT2D eigenvalue weighted by molar-refractivity contribution is 5.94. The molecule has 1 aromatic heterocycles. The van der Waals surface area contributed by atoms with Gasteiger partial charge < -0.3 is 15.4 Å². The molecule has 1 aliphatic carbocycles. The van der Waals surface area contributed by atoms with Crippen molar-refractivity contribution in [2.24, 2.45) is 0 Å². The Bertz CT molecular complexity index is 391. The number of anilines is 1. The lowest BCUT2D eigenvalue weighted by atomic mass is 10.2. The van der Waals surface area contributed by atoms with E-state index >= 15 is 0 Å². The van der Waals surface area contributed by atoms with E-state index in [0.29, 0.717) is 17.4 Å². The SMILES string of the molecule is COC(=O)c1cccnc1NCCNC1CC1. The molecule has 0 bridgehead atoms. The number of nitrogens with one attached hydrogen (secondary N) is 2. The van der Waals surface area contributed by atoms with Crippen LogP contribution in [0.3, 0.4) is 0 Å². The van der Waals surface area contributed by atoms with Gasteiger partial charge in [0.15, 0.2) is 0 Å². The second-order valence-electron chi connectivity index (χ2n) is 4.05. The molecule has 5 nitrogen and oxygen atoms in total. The number of esters is 1. The summed E-state index contributed by atoms with van der Waals surface area (Å²) in [7, 11) is 1.37. The Morgan fingerprint density at radius 2 is 2.35 bits per heavy atom. The summed E-state index contributed by atoms with van der Waals surface area (Å²) in [4.78, 5) is 15.6. The molecule has 1 heterocycles. The molecule has 1 aliphatic rings. The molecule has 5 heteroatoms. The lowest BCUT2D eigenvalue weighted by Crippen LogP contribution is -2.24. The zero-order valence-corrected chi connectivity index (χ0v) is 9.90. The monoisotopic (exact) mass is 235 g/mol. The molecule has 1 fully saturated rings. The van der Waals surface area contributed by atoms with Crippen molar-refractivity contribution in [1.82, 2.24) is 10.3 Å². The molecule has 0 aromatic carbocycles. The number of rotatable bonds is 6. The molecule has 17 heavy (non-hydrogen) atoms. The second-order valence-corrected chi connectivity index (χ2v) is 4.05. The second kappa shape index (κ2) is 5.63. The average molecular weight is 235 g/mol. The normalized spacial score (nSPS) is 14.4. The van der Waals surface area contributed by atoms with Gasteiger partial charge in [0.1, 0.15) is 11.4 Å². The molecule has 2 rings (SSSR count). The van der Waals surface area contributed by atoms with Crippen LogP contribution in [-0.4, -0.2) is 37.2 Å². The number of hydrogen-bond donors (Lipinski definition) is 2. The summed E-state index contributed by atoms with van der Waals surface area (Å²) in [5.74, 6) is 0.215. The number of ether oxygens (including phenoxy) is 1. The van der Waals surface area contributed by atoms with E-state index in [1.165, 1.54) is 20.0 Å². The van der Waals surface area contributed by atoms with Gasteiger partial charge in [-0.25, -0.2) is 9.78 Å². The number of nitrogens with zero attached hydrogens (tertiary/aromatic N) is 1. The van der Waals surface area contributed by atoms with Crippen molar-refractivity contribution < 1.29 is 9.53 Å². The molecule has 1 saturated carbocycles. The molecular weight excluding hydrogens is 218 g/mol. The predicted octanol–water partition coefficient (Wildman–Crippen LogP) is 1.03. The largest absolute Gasteiger partial charge is 0.465 e. The minimum absolute atomic E-state index is 0.365. The summed E-state index contributed by atoms with van der Waals surface area (Å²) >= 11 is 0. The number of pyridine rings is 1. The van der Waals surface area contributed by atoms with E-state index in [0.717, 1.165) is 13.1 Å². The number of carbonyl (C=O) groups is 1. The molecule has 0 unspecified atom stereocenters. The van der Waals surface area contributed by atoms with Crippen LogP contribution in [-0.2, 0) is 4.74 Å². The van der Waals surface area contributed by atoms with Gasteiger partial charge >= 0.3 is 5.97 Å². The Labute approximate surface area is 101 Å². The van der Waals surface area contributed by atoms with Crippen molar-refractivity contribution in [2.45, 2.75) is 18.9 Å². The first-order chi connectivity index (χ1) is 8.31. The fourth-order valence-electron chi connectivity index (χ4n) is 1.57. The fourth-order valence-corrected chi connectivity index (χ4v) is 1.57. The molecular formula is C12H17N3O2. The van der Waals surface area contributed by atoms with Crippen molar-refractivity contribution in [3.8, 4) is 0 Å². The lowest BCUT2D eigenvalue weighted by molar-refractivity contribution is 0.0601. The Hall–Kier alpha value is -1.62. The van der Waals surface area contributed by atoms with Gasteiger partial charge in [0, 0.05) is 25.3 Å². The van der Waals surface area contributed by atoms with E-state index in [2.05, 4.69) is 15.6 Å². The van der Waals surface area contributed by atoms with Crippen LogP contribution in [0.1, 0.15) is 23.2 Å². The molecule has 92 valence electrons. The summed E-state index contributed by atoms with van der Waals surface area (Å²) in [6.45, 7) is 1.62. The van der Waals surface area contributed by atoms with Gasteiger partial charge in [0.2, 0.25) is 0 Å². The minimum atomic E-state index is -0.365. The van der Waals surface area contributed by atoms with Crippen LogP contribution in [0.25, 0.3) is 0 Å². The summed E-state index contributed by atoms with van der Waals surface area (Å²) < 4.78 is 4.70. The number of methoxy groups -OCH3 is 1. The third kappa shape index (κ3) is 3.42. The molecule has 1 aromatic rings. The third-order valence-electron chi connectivity index (χ3n) is 2.64. The number of carbonyl (C=O) groups excluding carboxylic acids is 1. The molecule has 2 N–H and O–H groups in total. The first-order valence-electron chi connectivity index (χ1n) is 5.82. The van der Waals surface area contributed by atoms with Crippen LogP contribution in [0, 0.1) is 0 Å². The van der Waals surface area contributed by atoms with Crippen LogP contribution < -0.4 is 10.6 Å². The van der Waals surface area contributed by atoms with Crippen LogP contribution in [0.2, 0.25) is 0 Å². The Balaban J connectivity index is 1.87. The van der Waals surface area contributed by atoms with Gasteiger partial charge in [-0.3, -0.25) is 0 Å². The quantitative estimate of drug-likeness (QED) is 0.569. The van der Waals surface area contributed by atoms with Gasteiger partial charge in [-0.2, -0.15) is 0 Å². The van der Waals surface area contributed by atoms with E-state index in [-0.39, 0.29) is 5.97 Å². The summed E-state index contributed by atoms with van der Waals surface area (Å²) in [6.07, 6.45) is 4.21. The topological polar surface area (TPSA) is 63.2 Å². The zero-order chi connectivity index (χ0) is 12.1.